The van der Waals surface area contributed by atoms with E-state index >= 15 is 0 Å². The number of benzene rings is 2. The molecule has 2 aromatic rings. The van der Waals surface area contributed by atoms with E-state index in [2.05, 4.69) is 49.1 Å². The van der Waals surface area contributed by atoms with Crippen molar-refractivity contribution in [1.29, 1.82) is 0 Å². The molecule has 21 heavy (non-hydrogen) atoms. The van der Waals surface area contributed by atoms with Gasteiger partial charge in [-0.15, -0.1) is 0 Å². The van der Waals surface area contributed by atoms with Gasteiger partial charge >= 0.3 is 0 Å². The monoisotopic (exact) mass is 279 g/mol. The summed E-state index contributed by atoms with van der Waals surface area (Å²) in [5.41, 5.74) is 3.39. The molecule has 2 atom stereocenters. The Kier molecular flexibility index (Phi) is 3.89. The predicted molar refractivity (Wildman–Crippen MR) is 85.2 cm³/mol. The summed E-state index contributed by atoms with van der Waals surface area (Å²) in [6, 6.07) is 18.7. The van der Waals surface area contributed by atoms with E-state index in [4.69, 9.17) is 0 Å². The second-order valence-corrected chi connectivity index (χ2v) is 5.73. The zero-order valence-electron chi connectivity index (χ0n) is 12.6. The van der Waals surface area contributed by atoms with Crippen LogP contribution >= 0.6 is 0 Å². The average molecular weight is 279 g/mol. The number of hydrogen-bond acceptors (Lipinski definition) is 2. The van der Waals surface area contributed by atoms with Crippen LogP contribution < -0.4 is 0 Å². The molecule has 0 N–H and O–H groups in total. The summed E-state index contributed by atoms with van der Waals surface area (Å²) < 4.78 is 0. The first-order valence-electron chi connectivity index (χ1n) is 7.63. The van der Waals surface area contributed by atoms with E-state index in [0.29, 0.717) is 0 Å². The largest absolute Gasteiger partial charge is 0.294 e. The quantitative estimate of drug-likeness (QED) is 0.840. The van der Waals surface area contributed by atoms with Crippen molar-refractivity contribution in [3.05, 3.63) is 71.3 Å². The molecular formula is C19H21NO. The summed E-state index contributed by atoms with van der Waals surface area (Å²) in [4.78, 5) is 14.9. The number of ketones is 1. The molecule has 2 heteroatoms. The minimum atomic E-state index is 0.0334. The van der Waals surface area contributed by atoms with Crippen molar-refractivity contribution in [1.82, 2.24) is 4.90 Å². The zero-order chi connectivity index (χ0) is 14.8. The van der Waals surface area contributed by atoms with Crippen LogP contribution in [0, 0.1) is 5.92 Å². The summed E-state index contributed by atoms with van der Waals surface area (Å²) in [5.74, 6) is 0.313. The third-order valence-electron chi connectivity index (χ3n) is 4.46. The summed E-state index contributed by atoms with van der Waals surface area (Å²) in [7, 11) is 0. The van der Waals surface area contributed by atoms with Gasteiger partial charge in [0.15, 0.2) is 5.78 Å². The summed E-state index contributed by atoms with van der Waals surface area (Å²) in [5, 5.41) is 0. The van der Waals surface area contributed by atoms with Crippen LogP contribution in [0.25, 0.3) is 0 Å². The molecule has 0 aromatic heterocycles. The fraction of sp³-hybridized carbons (Fsp3) is 0.316. The summed E-state index contributed by atoms with van der Waals surface area (Å²) >= 11 is 0. The lowest BCUT2D eigenvalue weighted by Gasteiger charge is -2.31. The van der Waals surface area contributed by atoms with Crippen molar-refractivity contribution in [2.45, 2.75) is 26.4 Å². The lowest BCUT2D eigenvalue weighted by atomic mass is 9.99. The van der Waals surface area contributed by atoms with E-state index in [1.165, 1.54) is 11.1 Å². The van der Waals surface area contributed by atoms with Gasteiger partial charge in [-0.2, -0.15) is 0 Å². The highest BCUT2D eigenvalue weighted by Gasteiger charge is 2.39. The molecule has 3 rings (SSSR count). The Balaban J connectivity index is 1.92. The zero-order valence-corrected chi connectivity index (χ0v) is 12.6. The van der Waals surface area contributed by atoms with Crippen LogP contribution in [0.3, 0.4) is 0 Å². The molecule has 0 saturated heterocycles. The first-order valence-corrected chi connectivity index (χ1v) is 7.63. The van der Waals surface area contributed by atoms with Crippen molar-refractivity contribution in [3.8, 4) is 0 Å². The normalized spacial score (nSPS) is 20.8. The van der Waals surface area contributed by atoms with Crippen LogP contribution in [0.15, 0.2) is 54.6 Å². The van der Waals surface area contributed by atoms with Crippen LogP contribution in [0.2, 0.25) is 0 Å². The highest BCUT2D eigenvalue weighted by molar-refractivity contribution is 6.02. The Morgan fingerprint density at radius 3 is 2.38 bits per heavy atom. The van der Waals surface area contributed by atoms with E-state index < -0.39 is 0 Å². The molecule has 0 spiro atoms. The maximum absolute atomic E-state index is 12.5. The predicted octanol–water partition coefficient (Wildman–Crippen LogP) is 4.08. The van der Waals surface area contributed by atoms with Gasteiger partial charge in [-0.1, -0.05) is 68.4 Å². The summed E-state index contributed by atoms with van der Waals surface area (Å²) in [6.45, 7) is 6.04. The molecule has 1 aliphatic carbocycles. The Hall–Kier alpha value is -1.93. The van der Waals surface area contributed by atoms with Gasteiger partial charge in [0.25, 0.3) is 0 Å². The van der Waals surface area contributed by atoms with E-state index in [1.807, 2.05) is 24.3 Å². The van der Waals surface area contributed by atoms with E-state index in [-0.39, 0.29) is 17.7 Å². The van der Waals surface area contributed by atoms with Crippen LogP contribution in [-0.4, -0.2) is 17.2 Å². The molecule has 0 bridgehead atoms. The van der Waals surface area contributed by atoms with E-state index in [0.717, 1.165) is 18.7 Å². The highest BCUT2D eigenvalue weighted by atomic mass is 16.1. The number of Topliss-reactive ketones (excluding diaryl/α,β-unsaturated/α-hetero) is 1. The van der Waals surface area contributed by atoms with Crippen molar-refractivity contribution >= 4 is 5.78 Å². The molecule has 0 fully saturated rings. The standard InChI is InChI=1S/C19H21NO/c1-3-20(13-15-9-5-4-6-10-15)18-14(2)19(21)17-12-8-7-11-16(17)18/h4-12,14,18H,3,13H2,1-2H3. The lowest BCUT2D eigenvalue weighted by Crippen LogP contribution is -2.31. The fourth-order valence-corrected chi connectivity index (χ4v) is 3.38. The minimum Gasteiger partial charge on any atom is -0.294 e. The first kappa shape index (κ1) is 14.0. The maximum Gasteiger partial charge on any atom is 0.167 e. The molecule has 108 valence electrons. The van der Waals surface area contributed by atoms with Gasteiger partial charge in [0.1, 0.15) is 0 Å². The first-order chi connectivity index (χ1) is 10.2. The lowest BCUT2D eigenvalue weighted by molar-refractivity contribution is 0.0848. The number of hydrogen-bond donors (Lipinski definition) is 0. The van der Waals surface area contributed by atoms with Crippen molar-refractivity contribution in [2.24, 2.45) is 5.92 Å². The highest BCUT2D eigenvalue weighted by Crippen LogP contribution is 2.40. The van der Waals surface area contributed by atoms with Gasteiger partial charge in [0, 0.05) is 24.1 Å². The van der Waals surface area contributed by atoms with Crippen molar-refractivity contribution in [2.75, 3.05) is 6.54 Å². The SMILES string of the molecule is CCN(Cc1ccccc1)C1c2ccccc2C(=O)C1C. The second-order valence-electron chi connectivity index (χ2n) is 5.73. The van der Waals surface area contributed by atoms with Crippen molar-refractivity contribution < 1.29 is 4.79 Å². The number of nitrogens with zero attached hydrogens (tertiary/aromatic N) is 1. The van der Waals surface area contributed by atoms with Gasteiger partial charge in [0.05, 0.1) is 0 Å². The smallest absolute Gasteiger partial charge is 0.167 e. The molecule has 0 amide bonds. The molecule has 2 aromatic carbocycles. The Morgan fingerprint density at radius 1 is 1.00 bits per heavy atom. The van der Waals surface area contributed by atoms with Gasteiger partial charge in [-0.3, -0.25) is 9.69 Å². The number of carbonyl (C=O) groups excluding carboxylic acids is 1. The van der Waals surface area contributed by atoms with Crippen LogP contribution in [-0.2, 0) is 6.54 Å². The van der Waals surface area contributed by atoms with Gasteiger partial charge in [0.2, 0.25) is 0 Å². The topological polar surface area (TPSA) is 20.3 Å². The van der Waals surface area contributed by atoms with Crippen LogP contribution in [0.4, 0.5) is 0 Å². The third kappa shape index (κ3) is 2.52. The average Bonchev–Trinajstić information content (AvgIpc) is 2.78. The summed E-state index contributed by atoms with van der Waals surface area (Å²) in [6.07, 6.45) is 0. The van der Waals surface area contributed by atoms with E-state index in [9.17, 15) is 4.79 Å². The molecule has 0 saturated carbocycles. The molecule has 1 aliphatic rings. The number of carbonyl (C=O) groups is 1. The van der Waals surface area contributed by atoms with Gasteiger partial charge < -0.3 is 0 Å². The Bertz CT molecular complexity index is 635. The molecule has 0 radical (unpaired) electrons. The molecule has 2 nitrogen and oxygen atoms in total. The second kappa shape index (κ2) is 5.82. The molecular weight excluding hydrogens is 258 g/mol. The van der Waals surface area contributed by atoms with Gasteiger partial charge in [-0.25, -0.2) is 0 Å². The minimum absolute atomic E-state index is 0.0334. The molecule has 0 heterocycles. The third-order valence-corrected chi connectivity index (χ3v) is 4.46. The molecule has 0 aliphatic heterocycles. The number of rotatable bonds is 4. The Labute approximate surface area is 126 Å². The Morgan fingerprint density at radius 2 is 1.67 bits per heavy atom. The molecule has 2 unspecified atom stereocenters. The van der Waals surface area contributed by atoms with Crippen molar-refractivity contribution in [3.63, 3.8) is 0 Å². The fourth-order valence-electron chi connectivity index (χ4n) is 3.38. The van der Waals surface area contributed by atoms with Gasteiger partial charge in [-0.05, 0) is 17.7 Å². The van der Waals surface area contributed by atoms with Crippen LogP contribution in [0.1, 0.15) is 41.4 Å². The number of fused-ring (bicyclic) bond motifs is 1. The van der Waals surface area contributed by atoms with E-state index in [1.54, 1.807) is 0 Å². The van der Waals surface area contributed by atoms with Crippen LogP contribution in [0.5, 0.6) is 0 Å². The maximum atomic E-state index is 12.5.